The van der Waals surface area contributed by atoms with Gasteiger partial charge in [0, 0.05) is 13.2 Å². The number of rotatable bonds is 3. The van der Waals surface area contributed by atoms with Gasteiger partial charge in [-0.2, -0.15) is 0 Å². The molecule has 0 radical (unpaired) electrons. The van der Waals surface area contributed by atoms with Gasteiger partial charge in [0.1, 0.15) is 21.0 Å². The van der Waals surface area contributed by atoms with E-state index in [1.807, 2.05) is 0 Å². The zero-order chi connectivity index (χ0) is 16.7. The second-order valence-corrected chi connectivity index (χ2v) is 6.89. The van der Waals surface area contributed by atoms with Crippen LogP contribution in [0.1, 0.15) is 10.5 Å². The smallest absolute Gasteiger partial charge is 0.275 e. The molecule has 7 nitrogen and oxygen atoms in total. The van der Waals surface area contributed by atoms with E-state index in [1.54, 1.807) is 0 Å². The van der Waals surface area contributed by atoms with Gasteiger partial charge < -0.3 is 9.88 Å². The van der Waals surface area contributed by atoms with Gasteiger partial charge in [-0.05, 0) is 28.1 Å². The number of amides is 1. The van der Waals surface area contributed by atoms with Crippen molar-refractivity contribution in [3.8, 4) is 0 Å². The number of carbonyl (C=O) groups excluding carboxylic acids is 1. The number of hydrogen-bond acceptors (Lipinski definition) is 4. The Morgan fingerprint density at radius 2 is 2.14 bits per heavy atom. The highest BCUT2D eigenvalue weighted by atomic mass is 79.9. The number of aromatic nitrogens is 2. The van der Waals surface area contributed by atoms with Crippen LogP contribution in [0, 0.1) is 5.82 Å². The molecule has 0 aromatic carbocycles. The first-order chi connectivity index (χ1) is 10.1. The van der Waals surface area contributed by atoms with Crippen molar-refractivity contribution >= 4 is 49.3 Å². The van der Waals surface area contributed by atoms with Crippen LogP contribution in [-0.2, 0) is 17.1 Å². The van der Waals surface area contributed by atoms with Crippen molar-refractivity contribution in [3.63, 3.8) is 0 Å². The summed E-state index contributed by atoms with van der Waals surface area (Å²) in [6.45, 7) is 0. The van der Waals surface area contributed by atoms with Crippen molar-refractivity contribution in [2.75, 3.05) is 5.32 Å². The molecule has 0 aliphatic carbocycles. The Morgan fingerprint density at radius 3 is 2.64 bits per heavy atom. The van der Waals surface area contributed by atoms with Crippen molar-refractivity contribution in [2.45, 2.75) is 4.90 Å². The lowest BCUT2D eigenvalue weighted by Crippen LogP contribution is -2.17. The molecule has 0 bridgehead atoms. The van der Waals surface area contributed by atoms with E-state index >= 15 is 0 Å². The molecule has 0 fully saturated rings. The van der Waals surface area contributed by atoms with Crippen LogP contribution in [0.4, 0.5) is 10.2 Å². The number of anilines is 1. The molecule has 22 heavy (non-hydrogen) atoms. The molecule has 0 saturated carbocycles. The Hall–Kier alpha value is -1.49. The third kappa shape index (κ3) is 3.29. The number of nitrogens with zero attached hydrogens (tertiary/aromatic N) is 2. The molecule has 1 amide bonds. The molecule has 2 heterocycles. The second-order valence-electron chi connectivity index (χ2n) is 4.24. The number of pyridine rings is 1. The molecule has 2 aromatic heterocycles. The lowest BCUT2D eigenvalue weighted by Gasteiger charge is -2.06. The third-order valence-electron chi connectivity index (χ3n) is 2.65. The Morgan fingerprint density at radius 1 is 1.50 bits per heavy atom. The number of halogens is 3. The van der Waals surface area contributed by atoms with Gasteiger partial charge in [0.25, 0.3) is 5.91 Å². The molecule has 0 aliphatic rings. The van der Waals surface area contributed by atoms with E-state index in [1.165, 1.54) is 17.7 Å². The fraction of sp³-hybridized carbons (Fsp3) is 0.0909. The summed E-state index contributed by atoms with van der Waals surface area (Å²) in [7, 11) is -2.63. The molecular formula is C11H9BrClFN4O3S. The highest BCUT2D eigenvalue weighted by Gasteiger charge is 2.25. The van der Waals surface area contributed by atoms with Crippen LogP contribution in [0.15, 0.2) is 27.8 Å². The monoisotopic (exact) mass is 410 g/mol. The second kappa shape index (κ2) is 5.95. The maximum Gasteiger partial charge on any atom is 0.275 e. The lowest BCUT2D eigenvalue weighted by atomic mass is 10.3. The van der Waals surface area contributed by atoms with Crippen LogP contribution < -0.4 is 10.5 Å². The molecule has 2 aromatic rings. The summed E-state index contributed by atoms with van der Waals surface area (Å²) < 4.78 is 37.0. The van der Waals surface area contributed by atoms with Crippen LogP contribution >= 0.6 is 27.5 Å². The summed E-state index contributed by atoms with van der Waals surface area (Å²) in [6, 6.07) is 2.35. The summed E-state index contributed by atoms with van der Waals surface area (Å²) in [5, 5.41) is 7.09. The normalized spacial score (nSPS) is 11.5. The summed E-state index contributed by atoms with van der Waals surface area (Å²) in [4.78, 5) is 15.6. The minimum absolute atomic E-state index is 0.0627. The molecule has 0 spiro atoms. The number of nitrogens with two attached hydrogens (primary N) is 1. The van der Waals surface area contributed by atoms with Crippen molar-refractivity contribution in [1.29, 1.82) is 0 Å². The quantitative estimate of drug-likeness (QED) is 0.752. The molecule has 0 saturated heterocycles. The first-order valence-corrected chi connectivity index (χ1v) is 8.34. The van der Waals surface area contributed by atoms with Crippen LogP contribution in [0.25, 0.3) is 0 Å². The maximum atomic E-state index is 13.1. The summed E-state index contributed by atoms with van der Waals surface area (Å²) in [5.41, 5.74) is -0.118. The van der Waals surface area contributed by atoms with Crippen molar-refractivity contribution in [1.82, 2.24) is 9.55 Å². The van der Waals surface area contributed by atoms with E-state index in [0.29, 0.717) is 0 Å². The largest absolute Gasteiger partial charge is 0.344 e. The van der Waals surface area contributed by atoms with E-state index in [4.69, 9.17) is 16.7 Å². The summed E-state index contributed by atoms with van der Waals surface area (Å²) in [6.07, 6.45) is 1.13. The van der Waals surface area contributed by atoms with Crippen LogP contribution in [0.2, 0.25) is 5.02 Å². The van der Waals surface area contributed by atoms with Crippen molar-refractivity contribution in [2.24, 2.45) is 12.2 Å². The Kier molecular flexibility index (Phi) is 4.57. The number of carbonyl (C=O) groups is 1. The minimum Gasteiger partial charge on any atom is -0.344 e. The highest BCUT2D eigenvalue weighted by Crippen LogP contribution is 2.27. The molecule has 0 aliphatic heterocycles. The van der Waals surface area contributed by atoms with Gasteiger partial charge in [-0.3, -0.25) is 4.79 Å². The zero-order valence-electron chi connectivity index (χ0n) is 11.0. The third-order valence-corrected chi connectivity index (χ3v) is 4.63. The van der Waals surface area contributed by atoms with E-state index in [0.717, 1.165) is 12.3 Å². The molecular weight excluding hydrogens is 403 g/mol. The number of hydrogen-bond donors (Lipinski definition) is 2. The molecule has 0 unspecified atom stereocenters. The Labute approximate surface area is 138 Å². The molecule has 11 heteroatoms. The standard InChI is InChI=1S/C11H9BrClFN4O3S/c1-18-4-6(22(15,20)21)8(13)9(18)11(19)17-7-3-2-5(14)10(12)16-7/h2-4H,1H3,(H2,15,20,21)(H,16,17,19). The van der Waals surface area contributed by atoms with Crippen molar-refractivity contribution in [3.05, 3.63) is 39.5 Å². The fourth-order valence-corrected chi connectivity index (χ4v) is 3.25. The van der Waals surface area contributed by atoms with E-state index in [9.17, 15) is 17.6 Å². The van der Waals surface area contributed by atoms with E-state index in [2.05, 4.69) is 26.2 Å². The predicted octanol–water partition coefficient (Wildman–Crippen LogP) is 1.87. The maximum absolute atomic E-state index is 13.1. The van der Waals surface area contributed by atoms with Crippen LogP contribution in [0.5, 0.6) is 0 Å². The number of aryl methyl sites for hydroxylation is 1. The average molecular weight is 412 g/mol. The first kappa shape index (κ1) is 16.9. The van der Waals surface area contributed by atoms with Gasteiger partial charge in [-0.25, -0.2) is 22.9 Å². The molecule has 3 N–H and O–H groups in total. The van der Waals surface area contributed by atoms with Gasteiger partial charge in [0.15, 0.2) is 5.82 Å². The van der Waals surface area contributed by atoms with Gasteiger partial charge in [-0.15, -0.1) is 0 Å². The lowest BCUT2D eigenvalue weighted by molar-refractivity contribution is 0.101. The van der Waals surface area contributed by atoms with E-state index in [-0.39, 0.29) is 26.0 Å². The van der Waals surface area contributed by atoms with Gasteiger partial charge in [0.2, 0.25) is 10.0 Å². The molecule has 118 valence electrons. The first-order valence-electron chi connectivity index (χ1n) is 5.62. The summed E-state index contributed by atoms with van der Waals surface area (Å²) in [5.74, 6) is -1.24. The van der Waals surface area contributed by atoms with Crippen LogP contribution in [0.3, 0.4) is 0 Å². The number of primary sulfonamides is 1. The fourth-order valence-electron chi connectivity index (χ4n) is 1.69. The zero-order valence-corrected chi connectivity index (χ0v) is 14.1. The number of sulfonamides is 1. The minimum atomic E-state index is -4.06. The molecule has 2 rings (SSSR count). The van der Waals surface area contributed by atoms with Gasteiger partial charge >= 0.3 is 0 Å². The van der Waals surface area contributed by atoms with Gasteiger partial charge in [-0.1, -0.05) is 11.6 Å². The highest BCUT2D eigenvalue weighted by molar-refractivity contribution is 9.10. The SMILES string of the molecule is Cn1cc(S(N)(=O)=O)c(Cl)c1C(=O)Nc1ccc(F)c(Br)n1. The summed E-state index contributed by atoms with van der Waals surface area (Å²) >= 11 is 8.79. The van der Waals surface area contributed by atoms with Crippen molar-refractivity contribution < 1.29 is 17.6 Å². The Balaban J connectivity index is 2.38. The average Bonchev–Trinajstić information content (AvgIpc) is 2.69. The predicted molar refractivity (Wildman–Crippen MR) is 81.6 cm³/mol. The molecule has 0 atom stereocenters. The Bertz CT molecular complexity index is 868. The van der Waals surface area contributed by atoms with E-state index < -0.39 is 21.7 Å². The number of nitrogens with one attached hydrogen (secondary N) is 1. The topological polar surface area (TPSA) is 107 Å². The van der Waals surface area contributed by atoms with Gasteiger partial charge in [0.05, 0.1) is 5.02 Å². The van der Waals surface area contributed by atoms with Crippen LogP contribution in [-0.4, -0.2) is 23.9 Å².